The van der Waals surface area contributed by atoms with Gasteiger partial charge in [-0.2, -0.15) is 0 Å². The molecule has 0 aromatic carbocycles. The average molecular weight is 845 g/mol. The van der Waals surface area contributed by atoms with Gasteiger partial charge in [-0.3, -0.25) is 43.5 Å². The molecule has 0 aliphatic rings. The zero-order valence-electron chi connectivity index (χ0n) is 32.4. The number of primary amides is 6. The van der Waals surface area contributed by atoms with E-state index in [0.29, 0.717) is 0 Å². The van der Waals surface area contributed by atoms with Crippen LogP contribution in [0.15, 0.2) is 121 Å². The summed E-state index contributed by atoms with van der Waals surface area (Å²) in [6.07, 6.45) is 0. The molecule has 0 atom stereocenters. The normalized spacial score (nSPS) is 10.7. The van der Waals surface area contributed by atoms with Gasteiger partial charge in [0.1, 0.15) is 80.7 Å². The number of aromatic nitrogens is 7. The summed E-state index contributed by atoms with van der Waals surface area (Å²) in [7, 11) is 0. The molecule has 0 unspecified atom stereocenters. The number of nitrogens with two attached hydrogens (primary N) is 6. The van der Waals surface area contributed by atoms with Crippen LogP contribution < -0.4 is 49.1 Å². The van der Waals surface area contributed by atoms with Gasteiger partial charge in [0.15, 0.2) is 0 Å². The second-order valence-electron chi connectivity index (χ2n) is 13.0. The number of nitrogens with zero attached hydrogens (tertiary/aromatic N) is 10. The highest BCUT2D eigenvalue weighted by molar-refractivity contribution is 5.96. The number of carbonyl (C=O) groups is 6. The van der Waals surface area contributed by atoms with Crippen LogP contribution in [0.5, 0.6) is 0 Å². The SMILES string of the molecule is NC(=O)c1cccc(N(c2cc(N(c3cccc(C(N)=O)n3)c3cccc(C(N)=O)n3)nc(N(c3cccc(C(N)=O)n3)c3cccc(C(N)=O)n3)c2)c2cccc(C(N)=O)n2)n1. The summed E-state index contributed by atoms with van der Waals surface area (Å²) in [6.45, 7) is 0. The predicted molar refractivity (Wildman–Crippen MR) is 226 cm³/mol. The molecule has 63 heavy (non-hydrogen) atoms. The van der Waals surface area contributed by atoms with Crippen LogP contribution >= 0.6 is 0 Å². The Hall–Kier alpha value is -9.73. The Labute approximate surface area is 355 Å². The third-order valence-electron chi connectivity index (χ3n) is 8.80. The van der Waals surface area contributed by atoms with E-state index >= 15 is 0 Å². The van der Waals surface area contributed by atoms with Crippen LogP contribution in [0, 0.1) is 0 Å². The Morgan fingerprint density at radius 2 is 0.492 bits per heavy atom. The highest BCUT2D eigenvalue weighted by atomic mass is 16.2. The maximum Gasteiger partial charge on any atom is 0.267 e. The van der Waals surface area contributed by atoms with Crippen molar-refractivity contribution < 1.29 is 28.8 Å². The molecule has 0 saturated heterocycles. The molecule has 0 radical (unpaired) electrons. The van der Waals surface area contributed by atoms with Gasteiger partial charge in [0.05, 0.1) is 5.69 Å². The lowest BCUT2D eigenvalue weighted by molar-refractivity contribution is 0.0987. The fourth-order valence-electron chi connectivity index (χ4n) is 6.04. The Bertz CT molecular complexity index is 2500. The number of rotatable bonds is 15. The zero-order valence-corrected chi connectivity index (χ0v) is 32.4. The van der Waals surface area contributed by atoms with Crippen LogP contribution in [0.25, 0.3) is 0 Å². The lowest BCUT2D eigenvalue weighted by Gasteiger charge is -2.30. The monoisotopic (exact) mass is 844 g/mol. The van der Waals surface area contributed by atoms with E-state index in [1.807, 2.05) is 0 Å². The molecule has 0 spiro atoms. The van der Waals surface area contributed by atoms with Crippen LogP contribution in [-0.2, 0) is 0 Å². The Kier molecular flexibility index (Phi) is 11.3. The molecular formula is C41H32N16O6. The largest absolute Gasteiger partial charge is 0.364 e. The number of anilines is 9. The van der Waals surface area contributed by atoms with Gasteiger partial charge in [0, 0.05) is 12.1 Å². The minimum Gasteiger partial charge on any atom is -0.364 e. The van der Waals surface area contributed by atoms with E-state index in [-0.39, 0.29) is 86.4 Å². The van der Waals surface area contributed by atoms with Gasteiger partial charge in [0.2, 0.25) is 0 Å². The van der Waals surface area contributed by atoms with Crippen molar-refractivity contribution in [2.24, 2.45) is 34.4 Å². The van der Waals surface area contributed by atoms with Gasteiger partial charge in [-0.1, -0.05) is 36.4 Å². The summed E-state index contributed by atoms with van der Waals surface area (Å²) >= 11 is 0. The van der Waals surface area contributed by atoms with Gasteiger partial charge < -0.3 is 34.4 Å². The third-order valence-corrected chi connectivity index (χ3v) is 8.80. The van der Waals surface area contributed by atoms with Crippen LogP contribution in [0.1, 0.15) is 62.9 Å². The van der Waals surface area contributed by atoms with E-state index in [1.54, 1.807) is 0 Å². The van der Waals surface area contributed by atoms with E-state index in [4.69, 9.17) is 39.4 Å². The van der Waals surface area contributed by atoms with Crippen molar-refractivity contribution in [1.82, 2.24) is 34.9 Å². The molecule has 7 heterocycles. The maximum atomic E-state index is 12.5. The van der Waals surface area contributed by atoms with Crippen molar-refractivity contribution in [2.45, 2.75) is 0 Å². The smallest absolute Gasteiger partial charge is 0.267 e. The molecule has 6 amide bonds. The summed E-state index contributed by atoms with van der Waals surface area (Å²) in [5, 5.41) is 0. The molecule has 0 bridgehead atoms. The number of amides is 6. The summed E-state index contributed by atoms with van der Waals surface area (Å²) in [6, 6.07) is 29.3. The number of carbonyl (C=O) groups excluding carboxylic acids is 6. The minimum absolute atomic E-state index is 0.000441. The second-order valence-corrected chi connectivity index (χ2v) is 13.0. The van der Waals surface area contributed by atoms with E-state index in [0.717, 1.165) is 0 Å². The van der Waals surface area contributed by atoms with Gasteiger partial charge in [0.25, 0.3) is 35.4 Å². The standard InChI is InChI=1S/C41H32N16O6/c42-36(58)22-7-1-13-28(48-22)55(29-14-2-8-23(49-29)37(43)59)21-19-34(56(30-15-3-9-24(50-30)38(44)60)31-16-4-10-25(51-31)39(45)61)54-35(20-21)57(32-17-5-11-26(52-32)40(46)62)33-18-6-12-27(53-33)41(47)63/h1-20H,(H2,42,58)(H2,43,59)(H2,44,60)(H2,45,61)(H2,46,62)(H2,47,63). The van der Waals surface area contributed by atoms with Crippen LogP contribution in [0.2, 0.25) is 0 Å². The number of hydrogen-bond acceptors (Lipinski definition) is 16. The first kappa shape index (κ1) is 41.4. The predicted octanol–water partition coefficient (Wildman–Crippen LogP) is 2.45. The first-order valence-corrected chi connectivity index (χ1v) is 18.2. The number of pyridine rings is 7. The fourth-order valence-corrected chi connectivity index (χ4v) is 6.04. The molecule has 0 aliphatic heterocycles. The van der Waals surface area contributed by atoms with Crippen molar-refractivity contribution in [1.29, 1.82) is 0 Å². The molecule has 22 heteroatoms. The van der Waals surface area contributed by atoms with Crippen molar-refractivity contribution in [3.05, 3.63) is 155 Å². The van der Waals surface area contributed by atoms with Gasteiger partial charge in [-0.15, -0.1) is 0 Å². The highest BCUT2D eigenvalue weighted by Gasteiger charge is 2.28. The Morgan fingerprint density at radius 1 is 0.286 bits per heavy atom. The van der Waals surface area contributed by atoms with Crippen LogP contribution in [0.4, 0.5) is 52.2 Å². The van der Waals surface area contributed by atoms with Crippen molar-refractivity contribution in [2.75, 3.05) is 14.7 Å². The van der Waals surface area contributed by atoms with E-state index in [1.165, 1.54) is 136 Å². The van der Waals surface area contributed by atoms with E-state index in [2.05, 4.69) is 29.9 Å². The summed E-state index contributed by atoms with van der Waals surface area (Å²) in [4.78, 5) is 111. The van der Waals surface area contributed by atoms with Crippen molar-refractivity contribution in [3.63, 3.8) is 0 Å². The van der Waals surface area contributed by atoms with Gasteiger partial charge >= 0.3 is 0 Å². The Morgan fingerprint density at radius 3 is 0.698 bits per heavy atom. The first-order chi connectivity index (χ1) is 30.2. The molecule has 22 nitrogen and oxygen atoms in total. The molecule has 0 saturated carbocycles. The maximum absolute atomic E-state index is 12.5. The Balaban J connectivity index is 1.64. The zero-order chi connectivity index (χ0) is 44.9. The molecule has 312 valence electrons. The lowest BCUT2D eigenvalue weighted by Crippen LogP contribution is -2.24. The molecule has 0 aliphatic carbocycles. The number of hydrogen-bond donors (Lipinski definition) is 6. The molecule has 7 rings (SSSR count). The van der Waals surface area contributed by atoms with E-state index in [9.17, 15) is 28.8 Å². The molecular weight excluding hydrogens is 813 g/mol. The molecule has 7 aromatic rings. The topological polar surface area (TPSA) is 358 Å². The summed E-state index contributed by atoms with van der Waals surface area (Å²) in [5.74, 6) is -5.33. The molecule has 0 fully saturated rings. The van der Waals surface area contributed by atoms with Gasteiger partial charge in [-0.25, -0.2) is 34.9 Å². The quantitative estimate of drug-likeness (QED) is 0.0863. The summed E-state index contributed by atoms with van der Waals surface area (Å²) in [5.41, 5.74) is 33.1. The third kappa shape index (κ3) is 8.84. The highest BCUT2D eigenvalue weighted by Crippen LogP contribution is 2.42. The van der Waals surface area contributed by atoms with Crippen LogP contribution in [-0.4, -0.2) is 70.3 Å². The second kappa shape index (κ2) is 17.2. The molecule has 12 N–H and O–H groups in total. The van der Waals surface area contributed by atoms with Crippen molar-refractivity contribution >= 4 is 87.7 Å². The van der Waals surface area contributed by atoms with Crippen LogP contribution in [0.3, 0.4) is 0 Å². The lowest BCUT2D eigenvalue weighted by atomic mass is 10.2. The molecule has 7 aromatic heterocycles. The first-order valence-electron chi connectivity index (χ1n) is 18.2. The average Bonchev–Trinajstić information content (AvgIpc) is 3.27. The minimum atomic E-state index is -0.878. The summed E-state index contributed by atoms with van der Waals surface area (Å²) < 4.78 is 0. The van der Waals surface area contributed by atoms with Gasteiger partial charge in [-0.05, 0) is 72.8 Å². The fraction of sp³-hybridized carbons (Fsp3) is 0. The van der Waals surface area contributed by atoms with E-state index < -0.39 is 35.4 Å². The van der Waals surface area contributed by atoms with Crippen molar-refractivity contribution in [3.8, 4) is 0 Å².